The zero-order valence-electron chi connectivity index (χ0n) is 20.2. The Hall–Kier alpha value is -3.83. The summed E-state index contributed by atoms with van der Waals surface area (Å²) in [5.41, 5.74) is 1.34. The number of benzene rings is 3. The van der Waals surface area contributed by atoms with Gasteiger partial charge in [0, 0.05) is 5.69 Å². The number of hydrogen-bond donors (Lipinski definition) is 1. The molecule has 1 fully saturated rings. The lowest BCUT2D eigenvalue weighted by Crippen LogP contribution is -2.27. The molecule has 3 aromatic carbocycles. The number of thioether (sulfide) groups is 1. The monoisotopic (exact) mass is 558 g/mol. The first-order valence-electron chi connectivity index (χ1n) is 11.2. The average molecular weight is 559 g/mol. The van der Waals surface area contributed by atoms with Crippen LogP contribution in [0.25, 0.3) is 6.08 Å². The summed E-state index contributed by atoms with van der Waals surface area (Å²) >= 11 is 6.26. The van der Waals surface area contributed by atoms with Crippen LogP contribution in [-0.2, 0) is 15.8 Å². The van der Waals surface area contributed by atoms with Crippen molar-refractivity contribution < 1.29 is 32.2 Å². The van der Waals surface area contributed by atoms with Gasteiger partial charge < -0.3 is 14.8 Å². The molecule has 0 atom stereocenters. The van der Waals surface area contributed by atoms with Crippen LogP contribution in [0.3, 0.4) is 0 Å². The summed E-state index contributed by atoms with van der Waals surface area (Å²) < 4.78 is 50.5. The van der Waals surface area contributed by atoms with E-state index in [1.165, 1.54) is 19.2 Å². The standard InChI is InChI=1S/C27H21F3N2O4S2/c1-16-6-3-4-9-20(16)31-24(33)15-36-21-11-10-17(12-22(21)35-2)13-23-25(34)32(26(37)38-23)19-8-5-7-18(14-19)27(28,29)30/h3-14H,15H2,1-2H3,(H,31,33)/b23-13-. The molecule has 4 rings (SSSR count). The highest BCUT2D eigenvalue weighted by Crippen LogP contribution is 2.39. The van der Waals surface area contributed by atoms with E-state index in [2.05, 4.69) is 5.32 Å². The molecule has 1 heterocycles. The molecule has 6 nitrogen and oxygen atoms in total. The first-order valence-corrected chi connectivity index (χ1v) is 12.4. The van der Waals surface area contributed by atoms with Crippen LogP contribution in [0.5, 0.6) is 11.5 Å². The fraction of sp³-hybridized carbons (Fsp3) is 0.148. The lowest BCUT2D eigenvalue weighted by molar-refractivity contribution is -0.137. The Kier molecular flexibility index (Phi) is 8.08. The molecule has 38 heavy (non-hydrogen) atoms. The summed E-state index contributed by atoms with van der Waals surface area (Å²) in [6.07, 6.45) is -2.99. The molecule has 1 N–H and O–H groups in total. The predicted octanol–water partition coefficient (Wildman–Crippen LogP) is 6.45. The van der Waals surface area contributed by atoms with E-state index in [1.807, 2.05) is 25.1 Å². The number of rotatable bonds is 7. The number of alkyl halides is 3. The molecule has 1 aliphatic heterocycles. The van der Waals surface area contributed by atoms with Crippen molar-refractivity contribution in [3.8, 4) is 11.5 Å². The Balaban J connectivity index is 1.48. The average Bonchev–Trinajstić information content (AvgIpc) is 3.16. The summed E-state index contributed by atoms with van der Waals surface area (Å²) in [6, 6.07) is 16.7. The fourth-order valence-corrected chi connectivity index (χ4v) is 4.90. The van der Waals surface area contributed by atoms with E-state index in [1.54, 1.807) is 30.3 Å². The lowest BCUT2D eigenvalue weighted by Gasteiger charge is -2.16. The van der Waals surface area contributed by atoms with Gasteiger partial charge in [-0.25, -0.2) is 0 Å². The van der Waals surface area contributed by atoms with Crippen molar-refractivity contribution in [3.05, 3.63) is 88.3 Å². The molecule has 0 bridgehead atoms. The van der Waals surface area contributed by atoms with Crippen molar-refractivity contribution in [2.24, 2.45) is 0 Å². The van der Waals surface area contributed by atoms with Crippen molar-refractivity contribution in [2.45, 2.75) is 13.1 Å². The van der Waals surface area contributed by atoms with Gasteiger partial charge in [-0.2, -0.15) is 13.2 Å². The van der Waals surface area contributed by atoms with E-state index in [0.717, 1.165) is 34.4 Å². The summed E-state index contributed by atoms with van der Waals surface area (Å²) in [5, 5.41) is 2.78. The minimum absolute atomic E-state index is 0.0380. The molecule has 2 amide bonds. The molecule has 196 valence electrons. The summed E-state index contributed by atoms with van der Waals surface area (Å²) in [5.74, 6) is -0.230. The van der Waals surface area contributed by atoms with Crippen LogP contribution >= 0.6 is 24.0 Å². The smallest absolute Gasteiger partial charge is 0.416 e. The number of carbonyl (C=O) groups is 2. The van der Waals surface area contributed by atoms with E-state index >= 15 is 0 Å². The number of halogens is 3. The van der Waals surface area contributed by atoms with Gasteiger partial charge in [0.15, 0.2) is 22.4 Å². The van der Waals surface area contributed by atoms with Gasteiger partial charge in [-0.3, -0.25) is 14.5 Å². The Bertz CT molecular complexity index is 1440. The van der Waals surface area contributed by atoms with Gasteiger partial charge in [0.2, 0.25) is 0 Å². The van der Waals surface area contributed by atoms with Gasteiger partial charge in [-0.05, 0) is 60.5 Å². The van der Waals surface area contributed by atoms with Crippen molar-refractivity contribution >= 4 is 57.6 Å². The lowest BCUT2D eigenvalue weighted by atomic mass is 10.1. The van der Waals surface area contributed by atoms with E-state index in [-0.39, 0.29) is 27.4 Å². The largest absolute Gasteiger partial charge is 0.493 e. The molecule has 3 aromatic rings. The Labute approximate surface area is 226 Å². The highest BCUT2D eigenvalue weighted by Gasteiger charge is 2.36. The van der Waals surface area contributed by atoms with Gasteiger partial charge in [0.05, 0.1) is 23.3 Å². The highest BCUT2D eigenvalue weighted by molar-refractivity contribution is 8.27. The molecular formula is C27H21F3N2O4S2. The number of nitrogens with one attached hydrogen (secondary N) is 1. The molecule has 0 aliphatic carbocycles. The maximum absolute atomic E-state index is 13.1. The van der Waals surface area contributed by atoms with E-state index in [9.17, 15) is 22.8 Å². The van der Waals surface area contributed by atoms with Crippen LogP contribution in [0.2, 0.25) is 0 Å². The molecule has 11 heteroatoms. The van der Waals surface area contributed by atoms with Crippen molar-refractivity contribution in [3.63, 3.8) is 0 Å². The van der Waals surface area contributed by atoms with Crippen LogP contribution in [-0.4, -0.2) is 29.9 Å². The maximum atomic E-state index is 13.1. The third-order valence-electron chi connectivity index (χ3n) is 5.49. The molecule has 0 saturated carbocycles. The van der Waals surface area contributed by atoms with Crippen molar-refractivity contribution in [2.75, 3.05) is 23.9 Å². The minimum Gasteiger partial charge on any atom is -0.493 e. The number of hydrogen-bond acceptors (Lipinski definition) is 6. The van der Waals surface area contributed by atoms with Crippen LogP contribution in [0, 0.1) is 6.92 Å². The summed E-state index contributed by atoms with van der Waals surface area (Å²) in [4.78, 5) is 26.7. The number of amides is 2. The number of ether oxygens (including phenoxy) is 2. The summed E-state index contributed by atoms with van der Waals surface area (Å²) in [6.45, 7) is 1.63. The second kappa shape index (κ2) is 11.3. The van der Waals surface area contributed by atoms with Gasteiger partial charge in [-0.15, -0.1) is 0 Å². The zero-order chi connectivity index (χ0) is 27.4. The second-order valence-electron chi connectivity index (χ2n) is 8.13. The number of carbonyl (C=O) groups excluding carboxylic acids is 2. The Morgan fingerprint density at radius 1 is 1.08 bits per heavy atom. The molecule has 1 saturated heterocycles. The molecular weight excluding hydrogens is 537 g/mol. The van der Waals surface area contributed by atoms with E-state index < -0.39 is 17.6 Å². The van der Waals surface area contributed by atoms with Crippen molar-refractivity contribution in [1.82, 2.24) is 0 Å². The van der Waals surface area contributed by atoms with E-state index in [0.29, 0.717) is 22.7 Å². The topological polar surface area (TPSA) is 67.9 Å². The normalized spacial score (nSPS) is 14.7. The molecule has 0 radical (unpaired) electrons. The SMILES string of the molecule is COc1cc(/C=C2\SC(=S)N(c3cccc(C(F)(F)F)c3)C2=O)ccc1OCC(=O)Nc1ccccc1C. The number of nitrogens with zero attached hydrogens (tertiary/aromatic N) is 1. The first-order chi connectivity index (χ1) is 18.1. The third kappa shape index (κ3) is 6.17. The number of thiocarbonyl (C=S) groups is 1. The number of methoxy groups -OCH3 is 1. The maximum Gasteiger partial charge on any atom is 0.416 e. The van der Waals surface area contributed by atoms with Gasteiger partial charge in [0.25, 0.3) is 11.8 Å². The molecule has 0 aromatic heterocycles. The molecule has 0 unspecified atom stereocenters. The minimum atomic E-state index is -4.55. The zero-order valence-corrected chi connectivity index (χ0v) is 21.8. The first kappa shape index (κ1) is 27.2. The Morgan fingerprint density at radius 2 is 1.84 bits per heavy atom. The van der Waals surface area contributed by atoms with Crippen LogP contribution < -0.4 is 19.7 Å². The predicted molar refractivity (Wildman–Crippen MR) is 145 cm³/mol. The van der Waals surface area contributed by atoms with Gasteiger partial charge in [0.1, 0.15) is 0 Å². The highest BCUT2D eigenvalue weighted by atomic mass is 32.2. The van der Waals surface area contributed by atoms with Crippen LogP contribution in [0.15, 0.2) is 71.6 Å². The molecule has 1 aliphatic rings. The summed E-state index contributed by atoms with van der Waals surface area (Å²) in [7, 11) is 1.44. The van der Waals surface area contributed by atoms with Crippen molar-refractivity contribution in [1.29, 1.82) is 0 Å². The molecule has 0 spiro atoms. The third-order valence-corrected chi connectivity index (χ3v) is 6.79. The van der Waals surface area contributed by atoms with Gasteiger partial charge >= 0.3 is 6.18 Å². The number of para-hydroxylation sites is 1. The number of aryl methyl sites for hydroxylation is 1. The number of anilines is 2. The second-order valence-corrected chi connectivity index (χ2v) is 9.80. The fourth-order valence-electron chi connectivity index (χ4n) is 3.60. The van der Waals surface area contributed by atoms with Crippen LogP contribution in [0.4, 0.5) is 24.5 Å². The van der Waals surface area contributed by atoms with E-state index in [4.69, 9.17) is 21.7 Å². The van der Waals surface area contributed by atoms with Crippen LogP contribution in [0.1, 0.15) is 16.7 Å². The Morgan fingerprint density at radius 3 is 2.55 bits per heavy atom. The van der Waals surface area contributed by atoms with Gasteiger partial charge in [-0.1, -0.05) is 54.3 Å². The quantitative estimate of drug-likeness (QED) is 0.266.